The first-order chi connectivity index (χ1) is 12.8. The van der Waals surface area contributed by atoms with Gasteiger partial charge in [0.15, 0.2) is 5.82 Å². The number of thiazole rings is 1. The fourth-order valence-electron chi connectivity index (χ4n) is 3.37. The van der Waals surface area contributed by atoms with E-state index >= 15 is 0 Å². The van der Waals surface area contributed by atoms with Crippen LogP contribution in [0.2, 0.25) is 0 Å². The van der Waals surface area contributed by atoms with E-state index in [0.29, 0.717) is 13.0 Å². The highest BCUT2D eigenvalue weighted by molar-refractivity contribution is 7.18. The normalized spacial score (nSPS) is 14.2. The van der Waals surface area contributed by atoms with Gasteiger partial charge in [0.2, 0.25) is 5.91 Å². The Labute approximate surface area is 156 Å². The van der Waals surface area contributed by atoms with E-state index in [1.807, 2.05) is 18.2 Å². The van der Waals surface area contributed by atoms with Gasteiger partial charge in [0.05, 0.1) is 21.8 Å². The molecular weight excluding hydrogens is 346 g/mol. The van der Waals surface area contributed by atoms with Crippen LogP contribution in [0, 0.1) is 0 Å². The second-order valence-corrected chi connectivity index (χ2v) is 7.82. The topological polar surface area (TPSA) is 72.7 Å². The van der Waals surface area contributed by atoms with Crippen molar-refractivity contribution in [2.24, 2.45) is 0 Å². The summed E-state index contributed by atoms with van der Waals surface area (Å²) in [5.74, 6) is 2.00. The van der Waals surface area contributed by atoms with Crippen molar-refractivity contribution in [1.82, 2.24) is 25.1 Å². The third-order valence-corrected chi connectivity index (χ3v) is 5.86. The monoisotopic (exact) mass is 369 g/mol. The fraction of sp³-hybridized carbons (Fsp3) is 0.474. The Bertz CT molecular complexity index is 867. The molecule has 1 N–H and O–H groups in total. The van der Waals surface area contributed by atoms with Crippen LogP contribution >= 0.6 is 11.3 Å². The van der Waals surface area contributed by atoms with Gasteiger partial charge in [0.25, 0.3) is 0 Å². The standard InChI is InChI=1S/C19H23N5OS/c25-18(10-6-11-19-21-14-7-3-4-8-15(14)26-19)20-13-17-23-22-16-9-2-1-5-12-24(16)17/h3-4,7-8H,1-2,5-6,9-13H2,(H,20,25). The van der Waals surface area contributed by atoms with Crippen molar-refractivity contribution in [1.29, 1.82) is 0 Å². The summed E-state index contributed by atoms with van der Waals surface area (Å²) in [6, 6.07) is 8.15. The fourth-order valence-corrected chi connectivity index (χ4v) is 4.38. The maximum absolute atomic E-state index is 12.2. The predicted molar refractivity (Wildman–Crippen MR) is 102 cm³/mol. The second kappa shape index (κ2) is 7.95. The summed E-state index contributed by atoms with van der Waals surface area (Å²) in [5, 5.41) is 12.6. The quantitative estimate of drug-likeness (QED) is 0.724. The van der Waals surface area contributed by atoms with Crippen LogP contribution in [0.3, 0.4) is 0 Å². The number of benzene rings is 1. The lowest BCUT2D eigenvalue weighted by atomic mass is 10.2. The molecule has 3 aromatic rings. The van der Waals surface area contributed by atoms with Crippen molar-refractivity contribution in [2.45, 2.75) is 58.0 Å². The Kier molecular flexibility index (Phi) is 5.24. The molecule has 136 valence electrons. The maximum atomic E-state index is 12.2. The number of rotatable bonds is 6. The van der Waals surface area contributed by atoms with Gasteiger partial charge >= 0.3 is 0 Å². The molecule has 0 unspecified atom stereocenters. The van der Waals surface area contributed by atoms with Gasteiger partial charge in [-0.1, -0.05) is 18.6 Å². The van der Waals surface area contributed by atoms with Gasteiger partial charge < -0.3 is 9.88 Å². The zero-order chi connectivity index (χ0) is 17.8. The summed E-state index contributed by atoms with van der Waals surface area (Å²) in [7, 11) is 0. The zero-order valence-electron chi connectivity index (χ0n) is 14.8. The van der Waals surface area contributed by atoms with E-state index in [-0.39, 0.29) is 5.91 Å². The molecule has 0 bridgehead atoms. The van der Waals surface area contributed by atoms with Gasteiger partial charge in [-0.25, -0.2) is 4.98 Å². The van der Waals surface area contributed by atoms with E-state index in [1.165, 1.54) is 17.5 Å². The number of hydrogen-bond acceptors (Lipinski definition) is 5. The maximum Gasteiger partial charge on any atom is 0.220 e. The molecule has 4 rings (SSSR count). The van der Waals surface area contributed by atoms with Crippen LogP contribution in [0.5, 0.6) is 0 Å². The first kappa shape index (κ1) is 17.1. The first-order valence-corrected chi connectivity index (χ1v) is 10.1. The lowest BCUT2D eigenvalue weighted by molar-refractivity contribution is -0.121. The number of nitrogens with one attached hydrogen (secondary N) is 1. The molecule has 7 heteroatoms. The Morgan fingerprint density at radius 3 is 3.04 bits per heavy atom. The zero-order valence-corrected chi connectivity index (χ0v) is 15.6. The SMILES string of the molecule is O=C(CCCc1nc2ccccc2s1)NCc1nnc2n1CCCCC2. The molecule has 6 nitrogen and oxygen atoms in total. The second-order valence-electron chi connectivity index (χ2n) is 6.70. The number of fused-ring (bicyclic) bond motifs is 2. The number of nitrogens with zero attached hydrogens (tertiary/aromatic N) is 4. The van der Waals surface area contributed by atoms with E-state index in [1.54, 1.807) is 11.3 Å². The molecule has 0 saturated heterocycles. The summed E-state index contributed by atoms with van der Waals surface area (Å²) >= 11 is 1.71. The highest BCUT2D eigenvalue weighted by Gasteiger charge is 2.15. The molecule has 1 aliphatic rings. The summed E-state index contributed by atoms with van der Waals surface area (Å²) < 4.78 is 3.38. The molecular formula is C19H23N5OS. The van der Waals surface area contributed by atoms with Gasteiger partial charge in [-0.15, -0.1) is 21.5 Å². The number of amides is 1. The molecule has 26 heavy (non-hydrogen) atoms. The number of carbonyl (C=O) groups excluding carboxylic acids is 1. The number of aromatic nitrogens is 4. The molecule has 0 aliphatic carbocycles. The molecule has 0 saturated carbocycles. The third-order valence-electron chi connectivity index (χ3n) is 4.76. The minimum atomic E-state index is 0.0667. The average Bonchev–Trinajstić information content (AvgIpc) is 3.16. The molecule has 2 aromatic heterocycles. The van der Waals surface area contributed by atoms with Crippen LogP contribution in [0.4, 0.5) is 0 Å². The van der Waals surface area contributed by atoms with Gasteiger partial charge in [0.1, 0.15) is 5.82 Å². The summed E-state index contributed by atoms with van der Waals surface area (Å²) in [6.45, 7) is 1.43. The van der Waals surface area contributed by atoms with Crippen LogP contribution in [-0.4, -0.2) is 25.7 Å². The lowest BCUT2D eigenvalue weighted by Crippen LogP contribution is -2.24. The summed E-state index contributed by atoms with van der Waals surface area (Å²) in [4.78, 5) is 16.8. The minimum absolute atomic E-state index is 0.0667. The van der Waals surface area contributed by atoms with E-state index in [9.17, 15) is 4.79 Å². The molecule has 1 aliphatic heterocycles. The van der Waals surface area contributed by atoms with Gasteiger partial charge in [-0.2, -0.15) is 0 Å². The van der Waals surface area contributed by atoms with Crippen molar-refractivity contribution >= 4 is 27.5 Å². The van der Waals surface area contributed by atoms with E-state index in [4.69, 9.17) is 0 Å². The molecule has 0 spiro atoms. The first-order valence-electron chi connectivity index (χ1n) is 9.32. The number of carbonyl (C=O) groups is 1. The lowest BCUT2D eigenvalue weighted by Gasteiger charge is -2.08. The van der Waals surface area contributed by atoms with Crippen molar-refractivity contribution < 1.29 is 4.79 Å². The molecule has 1 aromatic carbocycles. The average molecular weight is 369 g/mol. The molecule has 0 fully saturated rings. The third kappa shape index (κ3) is 3.93. The van der Waals surface area contributed by atoms with E-state index in [2.05, 4.69) is 31.1 Å². The molecule has 3 heterocycles. The summed E-state index contributed by atoms with van der Waals surface area (Å²) in [6.07, 6.45) is 6.72. The predicted octanol–water partition coefficient (Wildman–Crippen LogP) is 3.25. The van der Waals surface area contributed by atoms with Crippen LogP contribution < -0.4 is 5.32 Å². The Balaban J connectivity index is 1.25. The van der Waals surface area contributed by atoms with E-state index < -0.39 is 0 Å². The number of hydrogen-bond donors (Lipinski definition) is 1. The van der Waals surface area contributed by atoms with Crippen LogP contribution in [-0.2, 0) is 30.7 Å². The summed E-state index contributed by atoms with van der Waals surface area (Å²) in [5.41, 5.74) is 1.05. The van der Waals surface area contributed by atoms with Crippen molar-refractivity contribution in [2.75, 3.05) is 0 Å². The number of aryl methyl sites for hydroxylation is 2. The Morgan fingerprint density at radius 2 is 2.12 bits per heavy atom. The highest BCUT2D eigenvalue weighted by Crippen LogP contribution is 2.22. The van der Waals surface area contributed by atoms with Gasteiger partial charge in [-0.05, 0) is 37.8 Å². The molecule has 1 amide bonds. The van der Waals surface area contributed by atoms with Crippen LogP contribution in [0.25, 0.3) is 10.2 Å². The largest absolute Gasteiger partial charge is 0.349 e. The van der Waals surface area contributed by atoms with E-state index in [0.717, 1.165) is 54.4 Å². The smallest absolute Gasteiger partial charge is 0.220 e. The number of para-hydroxylation sites is 1. The van der Waals surface area contributed by atoms with Crippen molar-refractivity contribution in [3.05, 3.63) is 40.9 Å². The van der Waals surface area contributed by atoms with Crippen LogP contribution in [0.15, 0.2) is 24.3 Å². The molecule has 0 atom stereocenters. The van der Waals surface area contributed by atoms with Crippen molar-refractivity contribution in [3.63, 3.8) is 0 Å². The van der Waals surface area contributed by atoms with Gasteiger partial charge in [0, 0.05) is 19.4 Å². The highest BCUT2D eigenvalue weighted by atomic mass is 32.1. The Morgan fingerprint density at radius 1 is 1.19 bits per heavy atom. The molecule has 0 radical (unpaired) electrons. The Hall–Kier alpha value is -2.28. The van der Waals surface area contributed by atoms with Gasteiger partial charge in [-0.3, -0.25) is 4.79 Å². The minimum Gasteiger partial charge on any atom is -0.349 e. The van der Waals surface area contributed by atoms with Crippen molar-refractivity contribution in [3.8, 4) is 0 Å². The van der Waals surface area contributed by atoms with Crippen LogP contribution in [0.1, 0.15) is 48.8 Å².